The summed E-state index contributed by atoms with van der Waals surface area (Å²) in [5, 5.41) is 6.87. The predicted octanol–water partition coefficient (Wildman–Crippen LogP) is 3.24. The monoisotopic (exact) mass is 310 g/mol. The molecule has 0 atom stereocenters. The first-order chi connectivity index (χ1) is 10.7. The lowest BCUT2D eigenvalue weighted by atomic mass is 9.67. The average molecular weight is 311 g/mol. The number of unbranched alkanes of at least 4 members (excludes halogenated alkanes) is 1. The Bertz CT molecular complexity index is 301. The number of hydrogen-bond donors (Lipinski definition) is 2. The van der Waals surface area contributed by atoms with E-state index in [0.29, 0.717) is 5.41 Å². The third-order valence-corrected chi connectivity index (χ3v) is 5.17. The minimum Gasteiger partial charge on any atom is -0.357 e. The Hall–Kier alpha value is -0.770. The SMILES string of the molecule is CCNC(=NCC1(CC)CCC1)NCCCCN(CC)CC. The maximum Gasteiger partial charge on any atom is 0.191 e. The van der Waals surface area contributed by atoms with Crippen LogP contribution in [-0.4, -0.2) is 50.1 Å². The Labute approximate surface area is 138 Å². The number of rotatable bonds is 11. The zero-order chi connectivity index (χ0) is 16.3. The Morgan fingerprint density at radius 3 is 2.27 bits per heavy atom. The molecule has 0 aliphatic heterocycles. The van der Waals surface area contributed by atoms with Crippen LogP contribution in [0.2, 0.25) is 0 Å². The molecule has 0 radical (unpaired) electrons. The van der Waals surface area contributed by atoms with Crippen LogP contribution < -0.4 is 10.6 Å². The molecule has 0 heterocycles. The zero-order valence-electron chi connectivity index (χ0n) is 15.4. The van der Waals surface area contributed by atoms with Crippen LogP contribution in [0.25, 0.3) is 0 Å². The molecule has 22 heavy (non-hydrogen) atoms. The summed E-state index contributed by atoms with van der Waals surface area (Å²) in [5.41, 5.74) is 0.505. The Morgan fingerprint density at radius 2 is 1.77 bits per heavy atom. The van der Waals surface area contributed by atoms with Crippen LogP contribution in [0.4, 0.5) is 0 Å². The first kappa shape index (κ1) is 19.3. The van der Waals surface area contributed by atoms with Crippen molar-refractivity contribution in [2.45, 2.75) is 66.2 Å². The third kappa shape index (κ3) is 6.55. The van der Waals surface area contributed by atoms with Crippen LogP contribution >= 0.6 is 0 Å². The van der Waals surface area contributed by atoms with Gasteiger partial charge in [-0.15, -0.1) is 0 Å². The molecule has 1 fully saturated rings. The number of aliphatic imine (C=N–C) groups is 1. The summed E-state index contributed by atoms with van der Waals surface area (Å²) in [7, 11) is 0. The first-order valence-electron chi connectivity index (χ1n) is 9.44. The molecule has 0 bridgehead atoms. The molecule has 1 rings (SSSR count). The van der Waals surface area contributed by atoms with Gasteiger partial charge in [0.15, 0.2) is 5.96 Å². The van der Waals surface area contributed by atoms with E-state index in [0.717, 1.165) is 38.7 Å². The first-order valence-corrected chi connectivity index (χ1v) is 9.44. The van der Waals surface area contributed by atoms with Gasteiger partial charge >= 0.3 is 0 Å². The summed E-state index contributed by atoms with van der Waals surface area (Å²) in [6.45, 7) is 15.4. The van der Waals surface area contributed by atoms with Crippen molar-refractivity contribution >= 4 is 5.96 Å². The highest BCUT2D eigenvalue weighted by atomic mass is 15.2. The topological polar surface area (TPSA) is 39.7 Å². The minimum absolute atomic E-state index is 0.505. The molecule has 1 aliphatic carbocycles. The van der Waals surface area contributed by atoms with Gasteiger partial charge in [0.1, 0.15) is 0 Å². The van der Waals surface area contributed by atoms with Gasteiger partial charge in [0.2, 0.25) is 0 Å². The van der Waals surface area contributed by atoms with Crippen molar-refractivity contribution in [3.63, 3.8) is 0 Å². The summed E-state index contributed by atoms with van der Waals surface area (Å²) in [4.78, 5) is 7.31. The highest BCUT2D eigenvalue weighted by Crippen LogP contribution is 2.43. The van der Waals surface area contributed by atoms with E-state index in [4.69, 9.17) is 4.99 Å². The summed E-state index contributed by atoms with van der Waals surface area (Å²) in [5.74, 6) is 1.00. The molecule has 0 amide bonds. The van der Waals surface area contributed by atoms with E-state index in [1.807, 2.05) is 0 Å². The summed E-state index contributed by atoms with van der Waals surface area (Å²) in [6, 6.07) is 0. The smallest absolute Gasteiger partial charge is 0.191 e. The van der Waals surface area contributed by atoms with Gasteiger partial charge in [-0.1, -0.05) is 27.2 Å². The van der Waals surface area contributed by atoms with Gasteiger partial charge in [-0.25, -0.2) is 0 Å². The van der Waals surface area contributed by atoms with Gasteiger partial charge in [-0.3, -0.25) is 4.99 Å². The van der Waals surface area contributed by atoms with E-state index in [1.54, 1.807) is 0 Å². The van der Waals surface area contributed by atoms with Crippen LogP contribution in [0, 0.1) is 5.41 Å². The lowest BCUT2D eigenvalue weighted by Gasteiger charge is -2.40. The fraction of sp³-hybridized carbons (Fsp3) is 0.944. The van der Waals surface area contributed by atoms with Crippen molar-refractivity contribution in [2.24, 2.45) is 10.4 Å². The van der Waals surface area contributed by atoms with E-state index in [-0.39, 0.29) is 0 Å². The van der Waals surface area contributed by atoms with Crippen LogP contribution in [-0.2, 0) is 0 Å². The molecule has 0 saturated heterocycles. The second kappa shape index (κ2) is 10.9. The van der Waals surface area contributed by atoms with Gasteiger partial charge in [-0.2, -0.15) is 0 Å². The molecular weight excluding hydrogens is 272 g/mol. The molecule has 2 N–H and O–H groups in total. The fourth-order valence-corrected chi connectivity index (χ4v) is 3.10. The van der Waals surface area contributed by atoms with E-state index >= 15 is 0 Å². The highest BCUT2D eigenvalue weighted by Gasteiger charge is 2.34. The lowest BCUT2D eigenvalue weighted by molar-refractivity contribution is 0.139. The largest absolute Gasteiger partial charge is 0.357 e. The van der Waals surface area contributed by atoms with E-state index in [9.17, 15) is 0 Å². The van der Waals surface area contributed by atoms with Crippen molar-refractivity contribution in [2.75, 3.05) is 39.3 Å². The molecule has 1 saturated carbocycles. The van der Waals surface area contributed by atoms with Gasteiger partial charge in [-0.05, 0) is 64.1 Å². The van der Waals surface area contributed by atoms with E-state index in [2.05, 4.69) is 43.2 Å². The van der Waals surface area contributed by atoms with E-state index < -0.39 is 0 Å². The molecule has 1 aliphatic rings. The number of nitrogens with one attached hydrogen (secondary N) is 2. The second-order valence-corrected chi connectivity index (χ2v) is 6.56. The standard InChI is InChI=1S/C18H38N4/c1-5-18(12-11-13-18)16-21-17(19-6-2)20-14-9-10-15-22(7-3)8-4/h5-16H2,1-4H3,(H2,19,20,21). The molecule has 0 aromatic rings. The molecule has 4 heteroatoms. The normalized spacial score (nSPS) is 17.4. The number of hydrogen-bond acceptors (Lipinski definition) is 2. The van der Waals surface area contributed by atoms with Crippen molar-refractivity contribution < 1.29 is 0 Å². The van der Waals surface area contributed by atoms with Crippen molar-refractivity contribution in [1.82, 2.24) is 15.5 Å². The summed E-state index contributed by atoms with van der Waals surface area (Å²) < 4.78 is 0. The summed E-state index contributed by atoms with van der Waals surface area (Å²) >= 11 is 0. The van der Waals surface area contributed by atoms with Gasteiger partial charge < -0.3 is 15.5 Å². The van der Waals surface area contributed by atoms with Crippen molar-refractivity contribution in [3.05, 3.63) is 0 Å². The van der Waals surface area contributed by atoms with Gasteiger partial charge in [0.25, 0.3) is 0 Å². The molecule has 130 valence electrons. The number of nitrogens with zero attached hydrogens (tertiary/aromatic N) is 2. The maximum atomic E-state index is 4.83. The van der Waals surface area contributed by atoms with Crippen molar-refractivity contribution in [1.29, 1.82) is 0 Å². The average Bonchev–Trinajstić information content (AvgIpc) is 2.50. The van der Waals surface area contributed by atoms with Crippen LogP contribution in [0.5, 0.6) is 0 Å². The fourth-order valence-electron chi connectivity index (χ4n) is 3.10. The Kier molecular flexibility index (Phi) is 9.53. The zero-order valence-corrected chi connectivity index (χ0v) is 15.4. The van der Waals surface area contributed by atoms with E-state index in [1.165, 1.54) is 45.1 Å². The predicted molar refractivity (Wildman–Crippen MR) is 97.6 cm³/mol. The molecule has 0 aromatic carbocycles. The molecule has 0 unspecified atom stereocenters. The quantitative estimate of drug-likeness (QED) is 0.350. The van der Waals surface area contributed by atoms with Crippen molar-refractivity contribution in [3.8, 4) is 0 Å². The minimum atomic E-state index is 0.505. The third-order valence-electron chi connectivity index (χ3n) is 5.17. The van der Waals surface area contributed by atoms with Crippen LogP contribution in [0.3, 0.4) is 0 Å². The molecule has 0 spiro atoms. The maximum absolute atomic E-state index is 4.83. The van der Waals surface area contributed by atoms with Crippen LogP contribution in [0.1, 0.15) is 66.2 Å². The van der Waals surface area contributed by atoms with Crippen LogP contribution in [0.15, 0.2) is 4.99 Å². The summed E-state index contributed by atoms with van der Waals surface area (Å²) in [6.07, 6.45) is 7.83. The van der Waals surface area contributed by atoms with Gasteiger partial charge in [0.05, 0.1) is 0 Å². The van der Waals surface area contributed by atoms with Gasteiger partial charge in [0, 0.05) is 19.6 Å². The second-order valence-electron chi connectivity index (χ2n) is 6.56. The molecule has 4 nitrogen and oxygen atoms in total. The molecule has 0 aromatic heterocycles. The lowest BCUT2D eigenvalue weighted by Crippen LogP contribution is -2.40. The Balaban J connectivity index is 2.25. The molecular formula is C18H38N4. The Morgan fingerprint density at radius 1 is 1.05 bits per heavy atom. The number of guanidine groups is 1. The highest BCUT2D eigenvalue weighted by molar-refractivity contribution is 5.79.